The third-order valence-electron chi connectivity index (χ3n) is 14.4. The third-order valence-corrected chi connectivity index (χ3v) is 14.4. The Bertz CT molecular complexity index is 3810. The minimum atomic E-state index is -0.0860. The molecule has 1 unspecified atom stereocenters. The van der Waals surface area contributed by atoms with E-state index in [-0.39, 0.29) is 11.3 Å². The van der Waals surface area contributed by atoms with Gasteiger partial charge in [0, 0.05) is 44.1 Å². The summed E-state index contributed by atoms with van der Waals surface area (Å²) in [6.45, 7) is 4.74. The lowest BCUT2D eigenvalue weighted by Gasteiger charge is -2.25. The molecule has 1 aliphatic rings. The van der Waals surface area contributed by atoms with E-state index in [1.165, 1.54) is 83.0 Å². The number of hydrogen-bond acceptors (Lipinski definition) is 1. The van der Waals surface area contributed by atoms with Crippen LogP contribution in [0.2, 0.25) is 0 Å². The highest BCUT2D eigenvalue weighted by Gasteiger charge is 2.36. The first-order valence-corrected chi connectivity index (χ1v) is 23.0. The summed E-state index contributed by atoms with van der Waals surface area (Å²) in [4.78, 5) is 0. The van der Waals surface area contributed by atoms with E-state index < -0.39 is 0 Å². The molecule has 0 spiro atoms. The zero-order valence-electron chi connectivity index (χ0n) is 36.9. The quantitative estimate of drug-likeness (QED) is 0.146. The smallest absolute Gasteiger partial charge is 0.143 e. The molecule has 312 valence electrons. The van der Waals surface area contributed by atoms with Crippen LogP contribution < -0.4 is 0 Å². The summed E-state index contributed by atoms with van der Waals surface area (Å²) in [5.41, 5.74) is 21.6. The molecule has 1 atom stereocenters. The largest absolute Gasteiger partial charge is 0.455 e. The maximum Gasteiger partial charge on any atom is 0.143 e. The van der Waals surface area contributed by atoms with Gasteiger partial charge in [-0.15, -0.1) is 0 Å². The van der Waals surface area contributed by atoms with Crippen molar-refractivity contribution >= 4 is 43.7 Å². The summed E-state index contributed by atoms with van der Waals surface area (Å²) in [6.07, 6.45) is 0. The molecule has 0 radical (unpaired) electrons. The summed E-state index contributed by atoms with van der Waals surface area (Å²) in [5, 5.41) is 4.70. The lowest BCUT2D eigenvalue weighted by Crippen LogP contribution is -2.15. The van der Waals surface area contributed by atoms with Crippen molar-refractivity contribution in [1.29, 1.82) is 0 Å². The maximum atomic E-state index is 6.53. The van der Waals surface area contributed by atoms with Crippen LogP contribution in [0, 0.1) is 0 Å². The highest BCUT2D eigenvalue weighted by Crippen LogP contribution is 2.50. The summed E-state index contributed by atoms with van der Waals surface area (Å²) < 4.78 is 8.93. The first-order valence-electron chi connectivity index (χ1n) is 23.0. The van der Waals surface area contributed by atoms with Crippen LogP contribution in [0.1, 0.15) is 47.6 Å². The average molecular weight is 844 g/mol. The number of aromatic nitrogens is 1. The highest BCUT2D eigenvalue weighted by atomic mass is 16.3. The molecule has 2 aromatic heterocycles. The third kappa shape index (κ3) is 6.02. The fourth-order valence-corrected chi connectivity index (χ4v) is 11.0. The minimum absolute atomic E-state index is 0.0506. The summed E-state index contributed by atoms with van der Waals surface area (Å²) in [6, 6.07) is 84.7. The van der Waals surface area contributed by atoms with Crippen LogP contribution in [0.5, 0.6) is 0 Å². The Kier molecular flexibility index (Phi) is 8.66. The maximum absolute atomic E-state index is 6.53. The second-order valence-corrected chi connectivity index (χ2v) is 18.4. The second-order valence-electron chi connectivity index (χ2n) is 18.4. The van der Waals surface area contributed by atoms with Gasteiger partial charge in [-0.3, -0.25) is 0 Å². The standard InChI is InChI=1S/C64H45NO/c1-64(2)57-22-11-9-18-51(57)52-35-32-48(40-58(52)64)62(44-28-24-42(25-29-44)41-14-5-3-6-15-41)45-30-26-43(27-31-45)46-33-36-59-55(38-46)56-39-47(34-37-60(56)65(59)49-16-7-4-8-17-49)50-20-13-21-54-53-19-10-12-23-61(53)66-63(50)54/h3-40,62H,1-2H3. The number of rotatable bonds is 7. The van der Waals surface area contributed by atoms with Crippen LogP contribution in [0.25, 0.3) is 93.9 Å². The van der Waals surface area contributed by atoms with Crippen molar-refractivity contribution in [3.63, 3.8) is 0 Å². The lowest BCUT2D eigenvalue weighted by molar-refractivity contribution is 0.659. The van der Waals surface area contributed by atoms with Crippen LogP contribution in [0.15, 0.2) is 235 Å². The van der Waals surface area contributed by atoms with Gasteiger partial charge in [0.25, 0.3) is 0 Å². The fourth-order valence-electron chi connectivity index (χ4n) is 11.0. The van der Waals surface area contributed by atoms with Gasteiger partial charge in [-0.2, -0.15) is 0 Å². The van der Waals surface area contributed by atoms with Crippen molar-refractivity contribution in [2.45, 2.75) is 25.2 Å². The molecule has 13 rings (SSSR count). The average Bonchev–Trinajstić information content (AvgIpc) is 4.00. The van der Waals surface area contributed by atoms with Gasteiger partial charge < -0.3 is 8.98 Å². The Labute approximate surface area is 384 Å². The van der Waals surface area contributed by atoms with Gasteiger partial charge >= 0.3 is 0 Å². The predicted octanol–water partition coefficient (Wildman–Crippen LogP) is 17.2. The molecule has 2 nitrogen and oxygen atoms in total. The number of fused-ring (bicyclic) bond motifs is 9. The van der Waals surface area contributed by atoms with E-state index in [0.717, 1.165) is 38.8 Å². The van der Waals surface area contributed by atoms with E-state index in [1.807, 2.05) is 6.07 Å². The van der Waals surface area contributed by atoms with Crippen molar-refractivity contribution in [2.24, 2.45) is 0 Å². The molecule has 0 aliphatic heterocycles. The van der Waals surface area contributed by atoms with Gasteiger partial charge in [-0.05, 0) is 109 Å². The number of para-hydroxylation sites is 3. The highest BCUT2D eigenvalue weighted by molar-refractivity contribution is 6.14. The Morgan fingerprint density at radius 1 is 0.364 bits per heavy atom. The molecule has 2 heteroatoms. The van der Waals surface area contributed by atoms with Crippen LogP contribution in [0.3, 0.4) is 0 Å². The van der Waals surface area contributed by atoms with E-state index in [0.29, 0.717) is 0 Å². The van der Waals surface area contributed by atoms with Gasteiger partial charge in [0.1, 0.15) is 11.2 Å². The molecule has 0 bridgehead atoms. The Balaban J connectivity index is 0.929. The van der Waals surface area contributed by atoms with Crippen molar-refractivity contribution in [3.8, 4) is 50.2 Å². The summed E-state index contributed by atoms with van der Waals surface area (Å²) in [5.74, 6) is 0.0506. The molecule has 10 aromatic carbocycles. The Morgan fingerprint density at radius 3 is 1.64 bits per heavy atom. The van der Waals surface area contributed by atoms with Crippen LogP contribution in [-0.4, -0.2) is 4.57 Å². The second kappa shape index (κ2) is 14.9. The molecule has 66 heavy (non-hydrogen) atoms. The molecule has 0 amide bonds. The van der Waals surface area contributed by atoms with Crippen molar-refractivity contribution in [2.75, 3.05) is 0 Å². The molecule has 2 heterocycles. The van der Waals surface area contributed by atoms with Gasteiger partial charge in [0.15, 0.2) is 0 Å². The van der Waals surface area contributed by atoms with Crippen molar-refractivity contribution in [1.82, 2.24) is 4.57 Å². The molecule has 0 saturated heterocycles. The van der Waals surface area contributed by atoms with Gasteiger partial charge in [0.2, 0.25) is 0 Å². The molecular weight excluding hydrogens is 799 g/mol. The molecule has 1 aliphatic carbocycles. The van der Waals surface area contributed by atoms with Gasteiger partial charge in [0.05, 0.1) is 11.0 Å². The first-order chi connectivity index (χ1) is 32.5. The van der Waals surface area contributed by atoms with Crippen molar-refractivity contribution in [3.05, 3.63) is 258 Å². The van der Waals surface area contributed by atoms with E-state index in [1.54, 1.807) is 0 Å². The monoisotopic (exact) mass is 843 g/mol. The summed E-state index contributed by atoms with van der Waals surface area (Å²) >= 11 is 0. The number of furan rings is 1. The van der Waals surface area contributed by atoms with E-state index in [9.17, 15) is 0 Å². The predicted molar refractivity (Wildman–Crippen MR) is 276 cm³/mol. The van der Waals surface area contributed by atoms with Gasteiger partial charge in [-0.1, -0.05) is 202 Å². The Hall–Kier alpha value is -8.20. The first kappa shape index (κ1) is 38.3. The van der Waals surface area contributed by atoms with E-state index in [2.05, 4.69) is 243 Å². The Morgan fingerprint density at radius 2 is 0.894 bits per heavy atom. The van der Waals surface area contributed by atoms with E-state index >= 15 is 0 Å². The SMILES string of the molecule is CC1(C)c2ccccc2-c2ccc(C(c3ccc(-c4ccccc4)cc3)c3ccc(-c4ccc5c(c4)c4cc(-c6cccc7c6oc6ccccc67)ccc4n5-c4ccccc4)cc3)cc21. The van der Waals surface area contributed by atoms with Crippen molar-refractivity contribution < 1.29 is 4.42 Å². The fraction of sp³-hybridized carbons (Fsp3) is 0.0625. The minimum Gasteiger partial charge on any atom is -0.455 e. The topological polar surface area (TPSA) is 18.1 Å². The number of benzene rings is 10. The van der Waals surface area contributed by atoms with Crippen LogP contribution in [-0.2, 0) is 5.41 Å². The van der Waals surface area contributed by atoms with E-state index in [4.69, 9.17) is 4.42 Å². The lowest BCUT2D eigenvalue weighted by atomic mass is 9.79. The van der Waals surface area contributed by atoms with Crippen LogP contribution in [0.4, 0.5) is 0 Å². The molecular formula is C64H45NO. The zero-order chi connectivity index (χ0) is 43.9. The normalized spacial score (nSPS) is 13.4. The summed E-state index contributed by atoms with van der Waals surface area (Å²) in [7, 11) is 0. The number of hydrogen-bond donors (Lipinski definition) is 0. The van der Waals surface area contributed by atoms with Crippen LogP contribution >= 0.6 is 0 Å². The number of nitrogens with zero attached hydrogens (tertiary/aromatic N) is 1. The van der Waals surface area contributed by atoms with Gasteiger partial charge in [-0.25, -0.2) is 0 Å². The molecule has 0 fully saturated rings. The zero-order valence-corrected chi connectivity index (χ0v) is 36.9. The molecule has 0 saturated carbocycles. The molecule has 0 N–H and O–H groups in total. The molecule has 12 aromatic rings.